The molecule has 0 unspecified atom stereocenters. The second kappa shape index (κ2) is 13.4. The van der Waals surface area contributed by atoms with Gasteiger partial charge in [-0.2, -0.15) is 0 Å². The lowest BCUT2D eigenvalue weighted by atomic mass is 10.2. The van der Waals surface area contributed by atoms with Gasteiger partial charge in [0.15, 0.2) is 0 Å². The van der Waals surface area contributed by atoms with Gasteiger partial charge in [-0.3, -0.25) is 0 Å². The van der Waals surface area contributed by atoms with E-state index in [1.807, 2.05) is 13.0 Å². The van der Waals surface area contributed by atoms with Gasteiger partial charge in [-0.1, -0.05) is 42.5 Å². The van der Waals surface area contributed by atoms with E-state index in [1.165, 1.54) is 18.5 Å². The number of nitrogens with zero attached hydrogens (tertiary/aromatic N) is 4. The average Bonchev–Trinajstić information content (AvgIpc) is 2.90. The van der Waals surface area contributed by atoms with Gasteiger partial charge >= 0.3 is 0 Å². The fourth-order valence-corrected chi connectivity index (χ4v) is 4.44. The average molecular weight is 522 g/mol. The highest BCUT2D eigenvalue weighted by Gasteiger charge is 2.14. The third-order valence-corrected chi connectivity index (χ3v) is 6.71. The number of ether oxygens (including phenoxy) is 1. The molecule has 0 saturated carbocycles. The van der Waals surface area contributed by atoms with Gasteiger partial charge in [0.25, 0.3) is 0 Å². The SMILES string of the molecule is CCN1CCN(CCCC#Cc2c(C)ncnc2Nc2ccc(OCc3cccc(F)c3)c(Cl)c2)CC1. The molecule has 0 atom stereocenters. The van der Waals surface area contributed by atoms with Crippen molar-refractivity contribution in [2.75, 3.05) is 44.6 Å². The highest BCUT2D eigenvalue weighted by molar-refractivity contribution is 6.32. The van der Waals surface area contributed by atoms with Crippen LogP contribution in [0.3, 0.4) is 0 Å². The maximum atomic E-state index is 13.4. The van der Waals surface area contributed by atoms with Crippen LogP contribution in [0.1, 0.15) is 36.6 Å². The fourth-order valence-electron chi connectivity index (χ4n) is 4.21. The number of halogens is 2. The molecule has 1 fully saturated rings. The van der Waals surface area contributed by atoms with Crippen LogP contribution >= 0.6 is 11.6 Å². The van der Waals surface area contributed by atoms with Crippen molar-refractivity contribution in [2.45, 2.75) is 33.3 Å². The van der Waals surface area contributed by atoms with Crippen molar-refractivity contribution in [1.82, 2.24) is 19.8 Å². The first-order valence-corrected chi connectivity index (χ1v) is 13.1. The zero-order valence-corrected chi connectivity index (χ0v) is 22.2. The molecule has 0 spiro atoms. The molecule has 0 amide bonds. The van der Waals surface area contributed by atoms with Gasteiger partial charge in [0.2, 0.25) is 0 Å². The van der Waals surface area contributed by atoms with Crippen LogP contribution in [0.2, 0.25) is 5.02 Å². The first kappa shape index (κ1) is 26.9. The standard InChI is InChI=1S/C29H33ClFN5O/c1-3-35-14-16-36(17-15-35)13-6-4-5-10-26-22(2)32-21-33-29(26)34-25-11-12-28(27(30)19-25)37-20-23-8-7-9-24(31)18-23/h7-9,11-12,18-19,21H,3-4,6,13-17,20H2,1-2H3,(H,32,33,34). The van der Waals surface area contributed by atoms with E-state index in [9.17, 15) is 4.39 Å². The van der Waals surface area contributed by atoms with E-state index in [1.54, 1.807) is 24.3 Å². The van der Waals surface area contributed by atoms with Crippen molar-refractivity contribution in [3.8, 4) is 17.6 Å². The smallest absolute Gasteiger partial charge is 0.149 e. The molecule has 6 nitrogen and oxygen atoms in total. The van der Waals surface area contributed by atoms with Crippen molar-refractivity contribution in [3.05, 3.63) is 76.5 Å². The monoisotopic (exact) mass is 521 g/mol. The Kier molecular flexibility index (Phi) is 9.72. The lowest BCUT2D eigenvalue weighted by Gasteiger charge is -2.33. The third-order valence-electron chi connectivity index (χ3n) is 6.42. The van der Waals surface area contributed by atoms with Crippen LogP contribution in [0.25, 0.3) is 0 Å². The summed E-state index contributed by atoms with van der Waals surface area (Å²) < 4.78 is 19.2. The highest BCUT2D eigenvalue weighted by Crippen LogP contribution is 2.30. The van der Waals surface area contributed by atoms with Gasteiger partial charge in [-0.25, -0.2) is 14.4 Å². The van der Waals surface area contributed by atoms with Crippen LogP contribution in [0.4, 0.5) is 15.9 Å². The normalized spacial score (nSPS) is 14.2. The maximum Gasteiger partial charge on any atom is 0.149 e. The Hall–Kier alpha value is -3.18. The largest absolute Gasteiger partial charge is 0.487 e. The Bertz CT molecular complexity index is 1250. The van der Waals surface area contributed by atoms with E-state index in [4.69, 9.17) is 16.3 Å². The quantitative estimate of drug-likeness (QED) is 0.289. The van der Waals surface area contributed by atoms with E-state index < -0.39 is 0 Å². The molecule has 1 N–H and O–H groups in total. The van der Waals surface area contributed by atoms with E-state index in [-0.39, 0.29) is 12.4 Å². The number of aryl methyl sites for hydroxylation is 1. The van der Waals surface area contributed by atoms with Crippen molar-refractivity contribution in [3.63, 3.8) is 0 Å². The molecule has 3 aromatic rings. The lowest BCUT2D eigenvalue weighted by molar-refractivity contribution is 0.136. The van der Waals surface area contributed by atoms with Crippen LogP contribution in [0, 0.1) is 24.6 Å². The van der Waals surface area contributed by atoms with Gasteiger partial charge in [0.1, 0.15) is 30.3 Å². The molecule has 0 radical (unpaired) electrons. The number of aromatic nitrogens is 2. The molecule has 1 aliphatic heterocycles. The van der Waals surface area contributed by atoms with E-state index in [2.05, 4.69) is 43.8 Å². The molecular weight excluding hydrogens is 489 g/mol. The first-order valence-electron chi connectivity index (χ1n) is 12.7. The number of likely N-dealkylation sites (N-methyl/N-ethyl adjacent to an activating group) is 1. The van der Waals surface area contributed by atoms with Gasteiger partial charge in [-0.05, 0) is 62.3 Å². The van der Waals surface area contributed by atoms with Crippen LogP contribution in [-0.4, -0.2) is 59.0 Å². The number of unbranched alkanes of at least 4 members (excludes halogenated alkanes) is 1. The number of nitrogens with one attached hydrogen (secondary N) is 1. The topological polar surface area (TPSA) is 53.5 Å². The zero-order valence-electron chi connectivity index (χ0n) is 21.4. The Morgan fingerprint density at radius 1 is 1.08 bits per heavy atom. The lowest BCUT2D eigenvalue weighted by Crippen LogP contribution is -2.46. The van der Waals surface area contributed by atoms with Crippen LogP contribution < -0.4 is 10.1 Å². The Labute approximate surface area is 223 Å². The molecular formula is C29H33ClFN5O. The summed E-state index contributed by atoms with van der Waals surface area (Å²) in [4.78, 5) is 13.7. The Morgan fingerprint density at radius 2 is 1.89 bits per heavy atom. The van der Waals surface area contributed by atoms with Crippen molar-refractivity contribution in [2.24, 2.45) is 0 Å². The minimum atomic E-state index is -0.295. The summed E-state index contributed by atoms with van der Waals surface area (Å²) in [5.74, 6) is 7.44. The van der Waals surface area contributed by atoms with Gasteiger partial charge in [-0.15, -0.1) is 0 Å². The molecule has 2 aromatic carbocycles. The van der Waals surface area contributed by atoms with E-state index in [0.717, 1.165) is 74.6 Å². The van der Waals surface area contributed by atoms with E-state index in [0.29, 0.717) is 16.6 Å². The number of piperazine rings is 1. The van der Waals surface area contributed by atoms with Crippen molar-refractivity contribution < 1.29 is 9.13 Å². The second-order valence-electron chi connectivity index (χ2n) is 9.05. The summed E-state index contributed by atoms with van der Waals surface area (Å²) in [5, 5.41) is 3.75. The number of hydrogen-bond acceptors (Lipinski definition) is 6. The number of benzene rings is 2. The highest BCUT2D eigenvalue weighted by atomic mass is 35.5. The maximum absolute atomic E-state index is 13.4. The van der Waals surface area contributed by atoms with Gasteiger partial charge in [0.05, 0.1) is 16.3 Å². The molecule has 1 saturated heterocycles. The molecule has 0 aliphatic carbocycles. The predicted octanol–water partition coefficient (Wildman–Crippen LogP) is 5.67. The Morgan fingerprint density at radius 3 is 2.65 bits per heavy atom. The summed E-state index contributed by atoms with van der Waals surface area (Å²) in [5.41, 5.74) is 3.09. The first-order chi connectivity index (χ1) is 18.0. The third kappa shape index (κ3) is 7.90. The summed E-state index contributed by atoms with van der Waals surface area (Å²) in [7, 11) is 0. The Balaban J connectivity index is 1.34. The van der Waals surface area contributed by atoms with E-state index >= 15 is 0 Å². The predicted molar refractivity (Wildman–Crippen MR) is 147 cm³/mol. The van der Waals surface area contributed by atoms with Crippen LogP contribution in [-0.2, 0) is 6.61 Å². The van der Waals surface area contributed by atoms with Crippen LogP contribution in [0.15, 0.2) is 48.8 Å². The second-order valence-corrected chi connectivity index (χ2v) is 9.46. The van der Waals surface area contributed by atoms with Gasteiger partial charge in [0, 0.05) is 38.3 Å². The molecule has 1 aromatic heterocycles. The van der Waals surface area contributed by atoms with Crippen molar-refractivity contribution >= 4 is 23.1 Å². The van der Waals surface area contributed by atoms with Gasteiger partial charge < -0.3 is 19.9 Å². The molecule has 1 aliphatic rings. The molecule has 37 heavy (non-hydrogen) atoms. The zero-order chi connectivity index (χ0) is 26.0. The summed E-state index contributed by atoms with van der Waals surface area (Å²) >= 11 is 6.46. The summed E-state index contributed by atoms with van der Waals surface area (Å²) in [6, 6.07) is 11.7. The molecule has 8 heteroatoms. The van der Waals surface area contributed by atoms with Crippen LogP contribution in [0.5, 0.6) is 5.75 Å². The van der Waals surface area contributed by atoms with Crippen molar-refractivity contribution in [1.29, 1.82) is 0 Å². The number of anilines is 2. The summed E-state index contributed by atoms with van der Waals surface area (Å²) in [6.07, 6.45) is 3.39. The molecule has 4 rings (SSSR count). The molecule has 2 heterocycles. The minimum Gasteiger partial charge on any atom is -0.487 e. The summed E-state index contributed by atoms with van der Waals surface area (Å²) in [6.45, 7) is 11.2. The molecule has 0 bridgehead atoms. The fraction of sp³-hybridized carbons (Fsp3) is 0.379. The minimum absolute atomic E-state index is 0.226. The number of rotatable bonds is 9. The molecule has 194 valence electrons. The number of hydrogen-bond donors (Lipinski definition) is 1.